The van der Waals surface area contributed by atoms with Crippen molar-refractivity contribution < 1.29 is 22.6 Å². The molecule has 0 aliphatic carbocycles. The molecule has 5 nitrogen and oxygen atoms in total. The molecule has 0 saturated carbocycles. The zero-order chi connectivity index (χ0) is 22.5. The van der Waals surface area contributed by atoms with Crippen molar-refractivity contribution in [3.8, 4) is 22.1 Å². The van der Waals surface area contributed by atoms with Gasteiger partial charge in [0.05, 0.1) is 24.3 Å². The monoisotopic (exact) mass is 451 g/mol. The molecule has 0 spiro atoms. The SMILES string of the molecule is CC(C)(N)c1nnc(-c2ccc(OCCCCOc3ccccc3)c(C(F)(F)F)c2)s1. The molecular weight excluding hydrogens is 427 g/mol. The highest BCUT2D eigenvalue weighted by atomic mass is 32.1. The molecule has 0 aliphatic heterocycles. The van der Waals surface area contributed by atoms with E-state index in [1.807, 2.05) is 30.3 Å². The second kappa shape index (κ2) is 9.65. The van der Waals surface area contributed by atoms with Crippen LogP contribution in [0.2, 0.25) is 0 Å². The molecule has 0 aliphatic rings. The van der Waals surface area contributed by atoms with Crippen LogP contribution in [-0.4, -0.2) is 23.4 Å². The smallest absolute Gasteiger partial charge is 0.419 e. The van der Waals surface area contributed by atoms with Gasteiger partial charge in [-0.05, 0) is 57.0 Å². The number of rotatable bonds is 9. The average molecular weight is 452 g/mol. The number of hydrogen-bond acceptors (Lipinski definition) is 6. The first-order valence-electron chi connectivity index (χ1n) is 9.80. The van der Waals surface area contributed by atoms with Gasteiger partial charge >= 0.3 is 6.18 Å². The minimum Gasteiger partial charge on any atom is -0.494 e. The van der Waals surface area contributed by atoms with Crippen LogP contribution in [0.4, 0.5) is 13.2 Å². The van der Waals surface area contributed by atoms with Crippen molar-refractivity contribution in [2.24, 2.45) is 5.73 Å². The fraction of sp³-hybridized carbons (Fsp3) is 0.364. The molecule has 0 radical (unpaired) electrons. The Labute approximate surface area is 183 Å². The molecule has 0 amide bonds. The van der Waals surface area contributed by atoms with E-state index in [2.05, 4.69) is 10.2 Å². The molecule has 0 saturated heterocycles. The van der Waals surface area contributed by atoms with Crippen LogP contribution in [0.1, 0.15) is 37.3 Å². The lowest BCUT2D eigenvalue weighted by Crippen LogP contribution is -2.28. The van der Waals surface area contributed by atoms with E-state index in [-0.39, 0.29) is 12.4 Å². The third-order valence-corrected chi connectivity index (χ3v) is 5.63. The predicted octanol–water partition coefficient (Wildman–Crippen LogP) is 5.66. The van der Waals surface area contributed by atoms with Crippen molar-refractivity contribution >= 4 is 11.3 Å². The summed E-state index contributed by atoms with van der Waals surface area (Å²) in [5.41, 5.74) is 4.77. The Balaban J connectivity index is 1.62. The Morgan fingerprint density at radius 1 is 0.935 bits per heavy atom. The molecule has 3 rings (SSSR count). The van der Waals surface area contributed by atoms with Gasteiger partial charge in [0.15, 0.2) is 0 Å². The third kappa shape index (κ3) is 6.41. The summed E-state index contributed by atoms with van der Waals surface area (Å²) in [5, 5.41) is 8.92. The summed E-state index contributed by atoms with van der Waals surface area (Å²) in [4.78, 5) is 0. The van der Waals surface area contributed by atoms with Crippen molar-refractivity contribution in [2.45, 2.75) is 38.4 Å². The van der Waals surface area contributed by atoms with Gasteiger partial charge in [0.1, 0.15) is 21.5 Å². The van der Waals surface area contributed by atoms with Gasteiger partial charge in [0, 0.05) is 5.56 Å². The number of unbranched alkanes of at least 4 members (excludes halogenated alkanes) is 1. The van der Waals surface area contributed by atoms with Crippen LogP contribution in [-0.2, 0) is 11.7 Å². The van der Waals surface area contributed by atoms with Crippen LogP contribution in [0, 0.1) is 0 Å². The minimum atomic E-state index is -4.55. The van der Waals surface area contributed by atoms with Crippen LogP contribution >= 0.6 is 11.3 Å². The summed E-state index contributed by atoms with van der Waals surface area (Å²) in [5.74, 6) is 0.556. The van der Waals surface area contributed by atoms with Gasteiger partial charge in [-0.1, -0.05) is 29.5 Å². The maximum absolute atomic E-state index is 13.6. The molecule has 3 aromatic rings. The van der Waals surface area contributed by atoms with E-state index < -0.39 is 17.3 Å². The van der Waals surface area contributed by atoms with E-state index in [0.717, 1.165) is 11.8 Å². The van der Waals surface area contributed by atoms with Gasteiger partial charge in [-0.2, -0.15) is 13.2 Å². The van der Waals surface area contributed by atoms with Gasteiger partial charge in [0.25, 0.3) is 0 Å². The van der Waals surface area contributed by atoms with Gasteiger partial charge in [-0.25, -0.2) is 0 Å². The zero-order valence-corrected chi connectivity index (χ0v) is 18.1. The van der Waals surface area contributed by atoms with Crippen molar-refractivity contribution in [3.05, 3.63) is 59.1 Å². The van der Waals surface area contributed by atoms with Crippen LogP contribution < -0.4 is 15.2 Å². The van der Waals surface area contributed by atoms with Crippen LogP contribution in [0.5, 0.6) is 11.5 Å². The highest BCUT2D eigenvalue weighted by Crippen LogP contribution is 2.39. The Morgan fingerprint density at radius 3 is 2.23 bits per heavy atom. The normalized spacial score (nSPS) is 12.1. The molecule has 1 heterocycles. The van der Waals surface area contributed by atoms with E-state index in [1.165, 1.54) is 17.4 Å². The number of aromatic nitrogens is 2. The third-order valence-electron chi connectivity index (χ3n) is 4.32. The number of ether oxygens (including phenoxy) is 2. The summed E-state index contributed by atoms with van der Waals surface area (Å²) in [6.07, 6.45) is -3.32. The lowest BCUT2D eigenvalue weighted by molar-refractivity contribution is -0.138. The van der Waals surface area contributed by atoms with Crippen molar-refractivity contribution in [1.82, 2.24) is 10.2 Å². The second-order valence-electron chi connectivity index (χ2n) is 7.56. The summed E-state index contributed by atoms with van der Waals surface area (Å²) < 4.78 is 51.8. The number of hydrogen-bond donors (Lipinski definition) is 1. The molecule has 0 fully saturated rings. The number of halogens is 3. The molecule has 2 aromatic carbocycles. The Kier molecular flexibility index (Phi) is 7.17. The number of para-hydroxylation sites is 1. The van der Waals surface area contributed by atoms with Gasteiger partial charge in [-0.3, -0.25) is 0 Å². The van der Waals surface area contributed by atoms with Gasteiger partial charge < -0.3 is 15.2 Å². The van der Waals surface area contributed by atoms with Gasteiger partial charge in [-0.15, -0.1) is 10.2 Å². The first-order valence-corrected chi connectivity index (χ1v) is 10.6. The fourth-order valence-corrected chi connectivity index (χ4v) is 3.56. The van der Waals surface area contributed by atoms with Crippen molar-refractivity contribution in [2.75, 3.05) is 13.2 Å². The molecule has 2 N–H and O–H groups in total. The standard InChI is InChI=1S/C22H24F3N3O2S/c1-21(2,26)20-28-27-19(31-20)15-10-11-18(17(14-15)22(23,24)25)30-13-7-6-12-29-16-8-4-3-5-9-16/h3-5,8-11,14H,6-7,12-13,26H2,1-2H3. The largest absolute Gasteiger partial charge is 0.494 e. The maximum Gasteiger partial charge on any atom is 0.419 e. The molecule has 0 atom stereocenters. The summed E-state index contributed by atoms with van der Waals surface area (Å²) >= 11 is 1.17. The summed E-state index contributed by atoms with van der Waals surface area (Å²) in [6, 6.07) is 13.3. The topological polar surface area (TPSA) is 70.3 Å². The fourth-order valence-electron chi connectivity index (χ4n) is 2.70. The quantitative estimate of drug-likeness (QED) is 0.426. The van der Waals surface area contributed by atoms with Crippen LogP contribution in [0.25, 0.3) is 10.6 Å². The molecule has 31 heavy (non-hydrogen) atoms. The molecular formula is C22H24F3N3O2S. The second-order valence-corrected chi connectivity index (χ2v) is 8.54. The molecule has 0 unspecified atom stereocenters. The first-order chi connectivity index (χ1) is 14.6. The van der Waals surface area contributed by atoms with E-state index in [1.54, 1.807) is 19.9 Å². The van der Waals surface area contributed by atoms with E-state index in [9.17, 15) is 13.2 Å². The van der Waals surface area contributed by atoms with E-state index in [4.69, 9.17) is 15.2 Å². The van der Waals surface area contributed by atoms with Gasteiger partial charge in [0.2, 0.25) is 0 Å². The Bertz CT molecular complexity index is 986. The Hall–Kier alpha value is -2.65. The number of benzene rings is 2. The van der Waals surface area contributed by atoms with E-state index >= 15 is 0 Å². The number of nitrogens with two attached hydrogens (primary N) is 1. The first kappa shape index (κ1) is 23.0. The summed E-state index contributed by atoms with van der Waals surface area (Å²) in [7, 11) is 0. The van der Waals surface area contributed by atoms with Crippen LogP contribution in [0.15, 0.2) is 48.5 Å². The lowest BCUT2D eigenvalue weighted by atomic mass is 10.1. The maximum atomic E-state index is 13.6. The zero-order valence-electron chi connectivity index (χ0n) is 17.3. The number of nitrogens with zero attached hydrogens (tertiary/aromatic N) is 2. The highest BCUT2D eigenvalue weighted by molar-refractivity contribution is 7.14. The summed E-state index contributed by atoms with van der Waals surface area (Å²) in [6.45, 7) is 4.15. The van der Waals surface area contributed by atoms with Crippen LogP contribution in [0.3, 0.4) is 0 Å². The number of alkyl halides is 3. The van der Waals surface area contributed by atoms with Crippen molar-refractivity contribution in [1.29, 1.82) is 0 Å². The molecule has 9 heteroatoms. The minimum absolute atomic E-state index is 0.158. The predicted molar refractivity (Wildman–Crippen MR) is 114 cm³/mol. The molecule has 0 bridgehead atoms. The lowest BCUT2D eigenvalue weighted by Gasteiger charge is -2.15. The van der Waals surface area contributed by atoms with E-state index in [0.29, 0.717) is 35.0 Å². The van der Waals surface area contributed by atoms with Crippen molar-refractivity contribution in [3.63, 3.8) is 0 Å². The molecule has 1 aromatic heterocycles. The highest BCUT2D eigenvalue weighted by Gasteiger charge is 2.35. The molecule has 166 valence electrons. The Morgan fingerprint density at radius 2 is 1.61 bits per heavy atom. The average Bonchev–Trinajstić information content (AvgIpc) is 3.21.